The molecule has 0 unspecified atom stereocenters. The number of hydrazone groups is 1. The zero-order valence-corrected chi connectivity index (χ0v) is 15.0. The average molecular weight is 344 g/mol. The highest BCUT2D eigenvalue weighted by atomic mass is 16.5. The van der Waals surface area contributed by atoms with Crippen LogP contribution in [0.15, 0.2) is 28.1 Å². The lowest BCUT2D eigenvalue weighted by Gasteiger charge is -2.08. The number of aromatic amines is 1. The maximum Gasteiger partial charge on any atom is 0.255 e. The Kier molecular flexibility index (Phi) is 6.56. The van der Waals surface area contributed by atoms with Gasteiger partial charge in [0.25, 0.3) is 5.56 Å². The molecule has 1 heterocycles. The van der Waals surface area contributed by atoms with Crippen molar-refractivity contribution < 1.29 is 9.47 Å². The van der Waals surface area contributed by atoms with Gasteiger partial charge in [0, 0.05) is 22.9 Å². The standard InChI is InChI=1S/C18H24N4O3/c1-5-6-7-15-12(2)20-18(21-17(15)23)22-19-11-13-8-9-14(24-3)10-16(13)25-4/h8-11H,5-7H2,1-4H3,(H2,20,21,22,23)/b19-11+. The minimum Gasteiger partial charge on any atom is -0.497 e. The summed E-state index contributed by atoms with van der Waals surface area (Å²) in [5.41, 5.74) is 4.85. The second-order valence-corrected chi connectivity index (χ2v) is 5.56. The van der Waals surface area contributed by atoms with Crippen molar-refractivity contribution in [3.05, 3.63) is 45.4 Å². The van der Waals surface area contributed by atoms with Crippen LogP contribution in [0.2, 0.25) is 0 Å². The number of H-pyrrole nitrogens is 1. The van der Waals surface area contributed by atoms with Crippen molar-refractivity contribution in [2.45, 2.75) is 33.1 Å². The summed E-state index contributed by atoms with van der Waals surface area (Å²) in [7, 11) is 3.18. The molecule has 0 aliphatic carbocycles. The smallest absolute Gasteiger partial charge is 0.255 e. The molecule has 0 amide bonds. The summed E-state index contributed by atoms with van der Waals surface area (Å²) >= 11 is 0. The van der Waals surface area contributed by atoms with Crippen LogP contribution in [0.3, 0.4) is 0 Å². The van der Waals surface area contributed by atoms with Crippen LogP contribution in [0.4, 0.5) is 5.95 Å². The van der Waals surface area contributed by atoms with Gasteiger partial charge in [0.05, 0.1) is 20.4 Å². The molecule has 0 saturated heterocycles. The van der Waals surface area contributed by atoms with E-state index in [1.54, 1.807) is 26.5 Å². The van der Waals surface area contributed by atoms with Crippen molar-refractivity contribution in [3.8, 4) is 11.5 Å². The predicted molar refractivity (Wildman–Crippen MR) is 99.0 cm³/mol. The second kappa shape index (κ2) is 8.86. The number of rotatable bonds is 8. The van der Waals surface area contributed by atoms with E-state index in [-0.39, 0.29) is 5.56 Å². The minimum absolute atomic E-state index is 0.124. The molecule has 0 radical (unpaired) electrons. The Morgan fingerprint density at radius 2 is 2.12 bits per heavy atom. The molecule has 1 aromatic carbocycles. The van der Waals surface area contributed by atoms with Gasteiger partial charge >= 0.3 is 0 Å². The van der Waals surface area contributed by atoms with Crippen molar-refractivity contribution in [1.29, 1.82) is 0 Å². The van der Waals surface area contributed by atoms with E-state index in [1.807, 2.05) is 19.1 Å². The molecule has 1 aromatic heterocycles. The Morgan fingerprint density at radius 1 is 1.32 bits per heavy atom. The number of unbranched alkanes of at least 4 members (excludes halogenated alkanes) is 1. The van der Waals surface area contributed by atoms with Crippen LogP contribution in [0.25, 0.3) is 0 Å². The van der Waals surface area contributed by atoms with Gasteiger partial charge in [-0.05, 0) is 31.9 Å². The van der Waals surface area contributed by atoms with E-state index in [4.69, 9.17) is 9.47 Å². The maximum absolute atomic E-state index is 12.1. The van der Waals surface area contributed by atoms with Crippen molar-refractivity contribution in [3.63, 3.8) is 0 Å². The third-order valence-electron chi connectivity index (χ3n) is 3.82. The quantitative estimate of drug-likeness (QED) is 0.568. The Bertz CT molecular complexity index is 799. The van der Waals surface area contributed by atoms with Crippen LogP contribution in [0.5, 0.6) is 11.5 Å². The largest absolute Gasteiger partial charge is 0.497 e. The van der Waals surface area contributed by atoms with Gasteiger partial charge in [-0.3, -0.25) is 9.78 Å². The lowest BCUT2D eigenvalue weighted by atomic mass is 10.1. The van der Waals surface area contributed by atoms with Gasteiger partial charge in [0.2, 0.25) is 5.95 Å². The lowest BCUT2D eigenvalue weighted by Crippen LogP contribution is -2.18. The summed E-state index contributed by atoms with van der Waals surface area (Å²) < 4.78 is 10.5. The highest BCUT2D eigenvalue weighted by Gasteiger charge is 2.07. The van der Waals surface area contributed by atoms with E-state index in [0.29, 0.717) is 17.4 Å². The average Bonchev–Trinajstić information content (AvgIpc) is 2.61. The second-order valence-electron chi connectivity index (χ2n) is 5.56. The SMILES string of the molecule is CCCCc1c(C)nc(N/N=C/c2ccc(OC)cc2OC)[nH]c1=O. The number of ether oxygens (including phenoxy) is 2. The van der Waals surface area contributed by atoms with Gasteiger partial charge in [0.1, 0.15) is 11.5 Å². The van der Waals surface area contributed by atoms with E-state index < -0.39 is 0 Å². The van der Waals surface area contributed by atoms with Crippen LogP contribution in [0.1, 0.15) is 36.6 Å². The van der Waals surface area contributed by atoms with Gasteiger partial charge < -0.3 is 9.47 Å². The molecule has 0 aliphatic rings. The number of methoxy groups -OCH3 is 2. The Morgan fingerprint density at radius 3 is 2.76 bits per heavy atom. The molecule has 25 heavy (non-hydrogen) atoms. The van der Waals surface area contributed by atoms with Gasteiger partial charge in [0.15, 0.2) is 0 Å². The fraction of sp³-hybridized carbons (Fsp3) is 0.389. The van der Waals surface area contributed by atoms with E-state index in [2.05, 4.69) is 27.4 Å². The first-order valence-electron chi connectivity index (χ1n) is 8.20. The van der Waals surface area contributed by atoms with E-state index in [1.165, 1.54) is 0 Å². The van der Waals surface area contributed by atoms with Gasteiger partial charge in [-0.2, -0.15) is 5.10 Å². The summed E-state index contributed by atoms with van der Waals surface area (Å²) in [6.45, 7) is 3.93. The molecule has 2 aromatic rings. The first-order valence-corrected chi connectivity index (χ1v) is 8.20. The zero-order valence-electron chi connectivity index (χ0n) is 15.0. The van der Waals surface area contributed by atoms with Crippen LogP contribution in [-0.4, -0.2) is 30.4 Å². The normalized spacial score (nSPS) is 10.9. The van der Waals surface area contributed by atoms with Crippen LogP contribution in [-0.2, 0) is 6.42 Å². The Balaban J connectivity index is 2.13. The molecule has 0 aliphatic heterocycles. The van der Waals surface area contributed by atoms with Crippen molar-refractivity contribution >= 4 is 12.2 Å². The zero-order chi connectivity index (χ0) is 18.2. The molecule has 7 heteroatoms. The van der Waals surface area contributed by atoms with Gasteiger partial charge in [-0.15, -0.1) is 0 Å². The molecular formula is C18H24N4O3. The van der Waals surface area contributed by atoms with Gasteiger partial charge in [-0.1, -0.05) is 13.3 Å². The molecule has 7 nitrogen and oxygen atoms in total. The molecule has 0 saturated carbocycles. The monoisotopic (exact) mass is 344 g/mol. The molecule has 0 spiro atoms. The number of nitrogens with zero attached hydrogens (tertiary/aromatic N) is 2. The fourth-order valence-electron chi connectivity index (χ4n) is 2.40. The first-order chi connectivity index (χ1) is 12.1. The van der Waals surface area contributed by atoms with Crippen molar-refractivity contribution in [2.24, 2.45) is 5.10 Å². The minimum atomic E-state index is -0.124. The highest BCUT2D eigenvalue weighted by molar-refractivity contribution is 5.84. The van der Waals surface area contributed by atoms with Gasteiger partial charge in [-0.25, -0.2) is 10.4 Å². The summed E-state index contributed by atoms with van der Waals surface area (Å²) in [5.74, 6) is 1.65. The number of anilines is 1. The Labute approximate surface area is 147 Å². The van der Waals surface area contributed by atoms with Crippen LogP contribution in [0, 0.1) is 6.92 Å². The van der Waals surface area contributed by atoms with Crippen LogP contribution < -0.4 is 20.5 Å². The summed E-state index contributed by atoms with van der Waals surface area (Å²) in [6, 6.07) is 5.42. The molecule has 0 atom stereocenters. The number of hydrogen-bond donors (Lipinski definition) is 2. The lowest BCUT2D eigenvalue weighted by molar-refractivity contribution is 0.394. The summed E-state index contributed by atoms with van der Waals surface area (Å²) in [6.07, 6.45) is 4.33. The van der Waals surface area contributed by atoms with Crippen LogP contribution >= 0.6 is 0 Å². The number of nitrogens with one attached hydrogen (secondary N) is 2. The summed E-state index contributed by atoms with van der Waals surface area (Å²) in [4.78, 5) is 19.2. The number of benzene rings is 1. The number of hydrogen-bond acceptors (Lipinski definition) is 6. The topological polar surface area (TPSA) is 88.6 Å². The van der Waals surface area contributed by atoms with E-state index >= 15 is 0 Å². The fourth-order valence-corrected chi connectivity index (χ4v) is 2.40. The molecule has 134 valence electrons. The highest BCUT2D eigenvalue weighted by Crippen LogP contribution is 2.23. The predicted octanol–water partition coefficient (Wildman–Crippen LogP) is 2.88. The van der Waals surface area contributed by atoms with Crippen molar-refractivity contribution in [1.82, 2.24) is 9.97 Å². The Hall–Kier alpha value is -2.83. The maximum atomic E-state index is 12.1. The molecule has 0 bridgehead atoms. The molecule has 2 rings (SSSR count). The number of aromatic nitrogens is 2. The summed E-state index contributed by atoms with van der Waals surface area (Å²) in [5, 5.41) is 4.12. The van der Waals surface area contributed by atoms with Crippen molar-refractivity contribution in [2.75, 3.05) is 19.6 Å². The van der Waals surface area contributed by atoms with E-state index in [0.717, 1.165) is 36.1 Å². The first kappa shape index (κ1) is 18.5. The molecule has 2 N–H and O–H groups in total. The third-order valence-corrected chi connectivity index (χ3v) is 3.82. The number of aryl methyl sites for hydroxylation is 1. The molecular weight excluding hydrogens is 320 g/mol. The van der Waals surface area contributed by atoms with E-state index in [9.17, 15) is 4.79 Å². The third kappa shape index (κ3) is 4.82. The molecule has 0 fully saturated rings.